The van der Waals surface area contributed by atoms with Crippen molar-refractivity contribution in [3.05, 3.63) is 83.8 Å². The van der Waals surface area contributed by atoms with Crippen molar-refractivity contribution in [2.24, 2.45) is 5.10 Å². The van der Waals surface area contributed by atoms with Crippen LogP contribution in [0.25, 0.3) is 0 Å². The SMILES string of the molecule is CC(=NNC(=O)c1ccc(O)cc1)c1ccc(S(=O)(=O)NCc2ccco2)cc1. The number of benzene rings is 2. The number of sulfonamides is 1. The molecule has 3 rings (SSSR count). The first kappa shape index (κ1) is 20.3. The summed E-state index contributed by atoms with van der Waals surface area (Å²) in [6, 6.07) is 15.3. The smallest absolute Gasteiger partial charge is 0.271 e. The third kappa shape index (κ3) is 5.31. The third-order valence-electron chi connectivity index (χ3n) is 4.05. The first-order valence-electron chi connectivity index (χ1n) is 8.61. The molecule has 0 saturated heterocycles. The molecule has 0 radical (unpaired) electrons. The largest absolute Gasteiger partial charge is 0.508 e. The number of phenolic OH excluding ortho intramolecular Hbond substituents is 1. The normalized spacial score (nSPS) is 12.0. The van der Waals surface area contributed by atoms with E-state index in [1.807, 2.05) is 0 Å². The van der Waals surface area contributed by atoms with E-state index in [1.54, 1.807) is 31.2 Å². The Bertz CT molecular complexity index is 1100. The van der Waals surface area contributed by atoms with Crippen LogP contribution >= 0.6 is 0 Å². The van der Waals surface area contributed by atoms with Crippen LogP contribution in [0.15, 0.2) is 81.3 Å². The van der Waals surface area contributed by atoms with Crippen LogP contribution in [0.2, 0.25) is 0 Å². The van der Waals surface area contributed by atoms with Gasteiger partial charge in [-0.3, -0.25) is 4.79 Å². The highest BCUT2D eigenvalue weighted by Crippen LogP contribution is 2.13. The highest BCUT2D eigenvalue weighted by Gasteiger charge is 2.14. The molecular weight excluding hydrogens is 394 g/mol. The van der Waals surface area contributed by atoms with E-state index in [0.29, 0.717) is 22.6 Å². The van der Waals surface area contributed by atoms with E-state index in [9.17, 15) is 18.3 Å². The summed E-state index contributed by atoms with van der Waals surface area (Å²) in [4.78, 5) is 12.2. The third-order valence-corrected chi connectivity index (χ3v) is 5.47. The topological polar surface area (TPSA) is 121 Å². The van der Waals surface area contributed by atoms with Gasteiger partial charge in [-0.05, 0) is 61.0 Å². The second-order valence-electron chi connectivity index (χ2n) is 6.11. The van der Waals surface area contributed by atoms with Crippen molar-refractivity contribution in [2.45, 2.75) is 18.4 Å². The number of hydrazone groups is 1. The molecule has 0 aliphatic heterocycles. The van der Waals surface area contributed by atoms with Gasteiger partial charge in [0.1, 0.15) is 11.5 Å². The number of rotatable bonds is 7. The number of carbonyl (C=O) groups is 1. The molecule has 0 fully saturated rings. The molecule has 0 atom stereocenters. The standard InChI is InChI=1S/C20H19N3O5S/c1-14(22-23-20(25)16-4-8-17(24)9-5-16)15-6-10-19(11-7-15)29(26,27)21-13-18-3-2-12-28-18/h2-12,21,24H,13H2,1H3,(H,23,25). The Kier molecular flexibility index (Phi) is 6.10. The summed E-state index contributed by atoms with van der Waals surface area (Å²) in [6.45, 7) is 1.75. The molecule has 150 valence electrons. The van der Waals surface area contributed by atoms with Crippen molar-refractivity contribution >= 4 is 21.6 Å². The van der Waals surface area contributed by atoms with Gasteiger partial charge in [-0.2, -0.15) is 5.10 Å². The highest BCUT2D eigenvalue weighted by atomic mass is 32.2. The van der Waals surface area contributed by atoms with Crippen LogP contribution in [0.1, 0.15) is 28.6 Å². The molecule has 0 aliphatic carbocycles. The maximum absolute atomic E-state index is 12.3. The van der Waals surface area contributed by atoms with Crippen LogP contribution in [0, 0.1) is 0 Å². The summed E-state index contributed by atoms with van der Waals surface area (Å²) in [6.07, 6.45) is 1.47. The van der Waals surface area contributed by atoms with Crippen molar-refractivity contribution < 1.29 is 22.7 Å². The van der Waals surface area contributed by atoms with Gasteiger partial charge in [-0.1, -0.05) is 12.1 Å². The lowest BCUT2D eigenvalue weighted by atomic mass is 10.1. The molecule has 0 spiro atoms. The lowest BCUT2D eigenvalue weighted by molar-refractivity contribution is 0.0955. The van der Waals surface area contributed by atoms with Gasteiger partial charge in [0.05, 0.1) is 23.4 Å². The van der Waals surface area contributed by atoms with Gasteiger partial charge in [0.25, 0.3) is 5.91 Å². The van der Waals surface area contributed by atoms with Gasteiger partial charge < -0.3 is 9.52 Å². The lowest BCUT2D eigenvalue weighted by Gasteiger charge is -2.07. The Hall–Kier alpha value is -3.43. The molecule has 0 bridgehead atoms. The molecule has 0 unspecified atom stereocenters. The second kappa shape index (κ2) is 8.72. The Labute approximate surface area is 167 Å². The van der Waals surface area contributed by atoms with Crippen LogP contribution in [0.3, 0.4) is 0 Å². The number of amides is 1. The van der Waals surface area contributed by atoms with Crippen LogP contribution in [0.5, 0.6) is 5.75 Å². The predicted octanol–water partition coefficient (Wildman–Crippen LogP) is 2.62. The van der Waals surface area contributed by atoms with Gasteiger partial charge in [-0.25, -0.2) is 18.6 Å². The van der Waals surface area contributed by atoms with E-state index in [0.717, 1.165) is 0 Å². The minimum atomic E-state index is -3.68. The number of phenols is 1. The summed E-state index contributed by atoms with van der Waals surface area (Å²) in [5, 5.41) is 13.3. The molecule has 3 N–H and O–H groups in total. The lowest BCUT2D eigenvalue weighted by Crippen LogP contribution is -2.23. The number of aromatic hydroxyl groups is 1. The van der Waals surface area contributed by atoms with Gasteiger partial charge in [0.15, 0.2) is 0 Å². The number of hydrogen-bond donors (Lipinski definition) is 3. The minimum Gasteiger partial charge on any atom is -0.508 e. The van der Waals surface area contributed by atoms with Gasteiger partial charge in [0.2, 0.25) is 10.0 Å². The van der Waals surface area contributed by atoms with Crippen molar-refractivity contribution in [3.63, 3.8) is 0 Å². The van der Waals surface area contributed by atoms with E-state index >= 15 is 0 Å². The molecule has 29 heavy (non-hydrogen) atoms. The first-order valence-corrected chi connectivity index (χ1v) is 10.1. The first-order chi connectivity index (χ1) is 13.8. The molecule has 1 heterocycles. The molecule has 9 heteroatoms. The Morgan fingerprint density at radius 1 is 1.03 bits per heavy atom. The average molecular weight is 413 g/mol. The Morgan fingerprint density at radius 3 is 2.31 bits per heavy atom. The molecule has 0 aliphatic rings. The molecule has 8 nitrogen and oxygen atoms in total. The van der Waals surface area contributed by atoms with E-state index in [2.05, 4.69) is 15.2 Å². The van der Waals surface area contributed by atoms with Crippen LogP contribution in [0.4, 0.5) is 0 Å². The average Bonchev–Trinajstić information content (AvgIpc) is 3.25. The molecule has 3 aromatic rings. The molecule has 1 amide bonds. The van der Waals surface area contributed by atoms with Crippen LogP contribution < -0.4 is 10.1 Å². The fourth-order valence-electron chi connectivity index (χ4n) is 2.41. The fourth-order valence-corrected chi connectivity index (χ4v) is 3.41. The molecule has 0 saturated carbocycles. The van der Waals surface area contributed by atoms with E-state index < -0.39 is 15.9 Å². The molecular formula is C20H19N3O5S. The van der Waals surface area contributed by atoms with Crippen LogP contribution in [-0.4, -0.2) is 25.1 Å². The van der Waals surface area contributed by atoms with Crippen molar-refractivity contribution in [2.75, 3.05) is 0 Å². The Balaban J connectivity index is 1.64. The maximum atomic E-state index is 12.3. The fraction of sp³-hybridized carbons (Fsp3) is 0.100. The molecule has 1 aromatic heterocycles. The van der Waals surface area contributed by atoms with Crippen molar-refractivity contribution in [1.29, 1.82) is 0 Å². The van der Waals surface area contributed by atoms with Gasteiger partial charge in [0, 0.05) is 5.56 Å². The predicted molar refractivity (Wildman–Crippen MR) is 107 cm³/mol. The van der Waals surface area contributed by atoms with Crippen molar-refractivity contribution in [1.82, 2.24) is 10.1 Å². The van der Waals surface area contributed by atoms with E-state index in [-0.39, 0.29) is 17.2 Å². The zero-order chi connectivity index (χ0) is 20.9. The number of hydrogen-bond acceptors (Lipinski definition) is 6. The second-order valence-corrected chi connectivity index (χ2v) is 7.88. The number of furan rings is 1. The quantitative estimate of drug-likeness (QED) is 0.406. The zero-order valence-electron chi connectivity index (χ0n) is 15.5. The molecule has 2 aromatic carbocycles. The minimum absolute atomic E-state index is 0.0564. The summed E-state index contributed by atoms with van der Waals surface area (Å²) in [5.41, 5.74) is 3.93. The van der Waals surface area contributed by atoms with Gasteiger partial charge >= 0.3 is 0 Å². The summed E-state index contributed by atoms with van der Waals surface area (Å²) in [5.74, 6) is 0.151. The summed E-state index contributed by atoms with van der Waals surface area (Å²) in [7, 11) is -3.68. The Morgan fingerprint density at radius 2 is 1.69 bits per heavy atom. The number of nitrogens with zero attached hydrogens (tertiary/aromatic N) is 1. The maximum Gasteiger partial charge on any atom is 0.271 e. The monoisotopic (exact) mass is 413 g/mol. The number of nitrogens with one attached hydrogen (secondary N) is 2. The summed E-state index contributed by atoms with van der Waals surface area (Å²) < 4.78 is 32.3. The van der Waals surface area contributed by atoms with E-state index in [4.69, 9.17) is 4.42 Å². The van der Waals surface area contributed by atoms with Gasteiger partial charge in [-0.15, -0.1) is 0 Å². The highest BCUT2D eigenvalue weighted by molar-refractivity contribution is 7.89. The van der Waals surface area contributed by atoms with Crippen LogP contribution in [-0.2, 0) is 16.6 Å². The van der Waals surface area contributed by atoms with Crippen molar-refractivity contribution in [3.8, 4) is 5.75 Å². The number of carbonyl (C=O) groups excluding carboxylic acids is 1. The van der Waals surface area contributed by atoms with E-state index in [1.165, 1.54) is 42.7 Å². The zero-order valence-corrected chi connectivity index (χ0v) is 16.3. The summed E-state index contributed by atoms with van der Waals surface area (Å²) >= 11 is 0.